The molecule has 33 heavy (non-hydrogen) atoms. The lowest BCUT2D eigenvalue weighted by Crippen LogP contribution is -2.30. The van der Waals surface area contributed by atoms with Gasteiger partial charge >= 0.3 is 0 Å². The van der Waals surface area contributed by atoms with E-state index in [1.165, 1.54) is 29.3 Å². The molecule has 1 fully saturated rings. The van der Waals surface area contributed by atoms with E-state index in [0.717, 1.165) is 42.5 Å². The third-order valence-corrected chi connectivity index (χ3v) is 6.99. The Labute approximate surface area is 198 Å². The minimum absolute atomic E-state index is 0.157. The van der Waals surface area contributed by atoms with Gasteiger partial charge in [-0.3, -0.25) is 14.2 Å². The number of carbonyl (C=O) groups is 2. The first kappa shape index (κ1) is 22.9. The van der Waals surface area contributed by atoms with Crippen molar-refractivity contribution in [3.8, 4) is 5.69 Å². The first-order valence-corrected chi connectivity index (χ1v) is 12.1. The van der Waals surface area contributed by atoms with Crippen molar-refractivity contribution in [1.82, 2.24) is 9.55 Å². The SMILES string of the molecule is Cc1cccc(-n2ccnc2SCC(=O)Nc2cc(C(N)=O)ccc2N2CCCCC2)c1C. The molecule has 0 unspecified atom stereocenters. The summed E-state index contributed by atoms with van der Waals surface area (Å²) in [7, 11) is 0. The molecule has 1 aromatic heterocycles. The fraction of sp³-hybridized carbons (Fsp3) is 0.320. The maximum atomic E-state index is 12.9. The molecule has 1 saturated heterocycles. The molecule has 0 saturated carbocycles. The van der Waals surface area contributed by atoms with Crippen LogP contribution >= 0.6 is 11.8 Å². The Balaban J connectivity index is 1.50. The van der Waals surface area contributed by atoms with Crippen LogP contribution in [0.4, 0.5) is 11.4 Å². The van der Waals surface area contributed by atoms with Gasteiger partial charge in [0.25, 0.3) is 0 Å². The van der Waals surface area contributed by atoms with E-state index in [4.69, 9.17) is 5.73 Å². The lowest BCUT2D eigenvalue weighted by Gasteiger charge is -2.30. The lowest BCUT2D eigenvalue weighted by atomic mass is 10.1. The molecule has 1 aliphatic heterocycles. The Bertz CT molecular complexity index is 1170. The Morgan fingerprint density at radius 1 is 1.09 bits per heavy atom. The molecule has 8 heteroatoms. The lowest BCUT2D eigenvalue weighted by molar-refractivity contribution is -0.113. The summed E-state index contributed by atoms with van der Waals surface area (Å²) in [6.07, 6.45) is 7.09. The number of hydrogen-bond donors (Lipinski definition) is 2. The molecule has 3 aromatic rings. The highest BCUT2D eigenvalue weighted by Crippen LogP contribution is 2.30. The van der Waals surface area contributed by atoms with Gasteiger partial charge in [0.1, 0.15) is 0 Å². The summed E-state index contributed by atoms with van der Waals surface area (Å²) >= 11 is 1.38. The molecule has 0 bridgehead atoms. The van der Waals surface area contributed by atoms with Crippen molar-refractivity contribution in [2.45, 2.75) is 38.3 Å². The highest BCUT2D eigenvalue weighted by atomic mass is 32.2. The van der Waals surface area contributed by atoms with E-state index in [9.17, 15) is 9.59 Å². The number of nitrogens with zero attached hydrogens (tertiary/aromatic N) is 3. The number of nitrogens with one attached hydrogen (secondary N) is 1. The zero-order valence-corrected chi connectivity index (χ0v) is 19.8. The fourth-order valence-electron chi connectivity index (χ4n) is 4.09. The number of hydrogen-bond acceptors (Lipinski definition) is 5. The molecule has 0 aliphatic carbocycles. The molecule has 0 atom stereocenters. The van der Waals surface area contributed by atoms with Gasteiger partial charge in [-0.2, -0.15) is 0 Å². The third kappa shape index (κ3) is 5.22. The second-order valence-corrected chi connectivity index (χ2v) is 9.22. The van der Waals surface area contributed by atoms with Crippen LogP contribution in [0.3, 0.4) is 0 Å². The third-order valence-electron chi connectivity index (χ3n) is 6.03. The van der Waals surface area contributed by atoms with Crippen molar-refractivity contribution in [1.29, 1.82) is 0 Å². The van der Waals surface area contributed by atoms with Gasteiger partial charge in [-0.25, -0.2) is 4.98 Å². The molecule has 0 spiro atoms. The number of aromatic nitrogens is 2. The summed E-state index contributed by atoms with van der Waals surface area (Å²) < 4.78 is 2.01. The zero-order valence-electron chi connectivity index (χ0n) is 19.0. The van der Waals surface area contributed by atoms with E-state index in [1.807, 2.05) is 29.0 Å². The van der Waals surface area contributed by atoms with Crippen molar-refractivity contribution < 1.29 is 9.59 Å². The Morgan fingerprint density at radius 2 is 1.88 bits per heavy atom. The van der Waals surface area contributed by atoms with Crippen LogP contribution in [0.1, 0.15) is 40.7 Å². The number of rotatable bonds is 7. The van der Waals surface area contributed by atoms with Gasteiger partial charge < -0.3 is 16.0 Å². The molecular weight excluding hydrogens is 434 g/mol. The number of primary amides is 1. The molecular formula is C25H29N5O2S. The van der Waals surface area contributed by atoms with Crippen molar-refractivity contribution in [2.24, 2.45) is 5.73 Å². The number of anilines is 2. The normalized spacial score (nSPS) is 13.7. The van der Waals surface area contributed by atoms with Gasteiger partial charge in [-0.1, -0.05) is 23.9 Å². The quantitative estimate of drug-likeness (QED) is 0.509. The molecule has 0 radical (unpaired) electrons. The van der Waals surface area contributed by atoms with Crippen LogP contribution in [-0.4, -0.2) is 40.2 Å². The van der Waals surface area contributed by atoms with Gasteiger partial charge in [0.15, 0.2) is 5.16 Å². The largest absolute Gasteiger partial charge is 0.370 e. The summed E-state index contributed by atoms with van der Waals surface area (Å²) in [5.74, 6) is -0.474. The number of thioether (sulfide) groups is 1. The molecule has 2 aromatic carbocycles. The number of benzene rings is 2. The average molecular weight is 464 g/mol. The average Bonchev–Trinajstić information content (AvgIpc) is 3.28. The smallest absolute Gasteiger partial charge is 0.248 e. The standard InChI is InChI=1S/C25H29N5O2S/c1-17-7-6-8-21(18(17)2)30-14-11-27-25(30)33-16-23(31)28-20-15-19(24(26)32)9-10-22(20)29-12-4-3-5-13-29/h6-11,14-15H,3-5,12-13,16H2,1-2H3,(H2,26,32)(H,28,31). The van der Waals surface area contributed by atoms with Crippen molar-refractivity contribution in [3.05, 3.63) is 65.5 Å². The molecule has 2 amide bonds. The minimum atomic E-state index is -0.513. The van der Waals surface area contributed by atoms with Crippen molar-refractivity contribution >= 4 is 35.0 Å². The van der Waals surface area contributed by atoms with Gasteiger partial charge in [0, 0.05) is 31.0 Å². The van der Waals surface area contributed by atoms with Crippen molar-refractivity contribution in [2.75, 3.05) is 29.1 Å². The predicted octanol–water partition coefficient (Wildman–Crippen LogP) is 4.31. The maximum Gasteiger partial charge on any atom is 0.248 e. The second-order valence-electron chi connectivity index (χ2n) is 8.28. The zero-order chi connectivity index (χ0) is 23.4. The second kappa shape index (κ2) is 10.1. The van der Waals surface area contributed by atoms with Crippen molar-refractivity contribution in [3.63, 3.8) is 0 Å². The molecule has 2 heterocycles. The van der Waals surface area contributed by atoms with Crippen LogP contribution in [0.5, 0.6) is 0 Å². The number of imidazole rings is 1. The van der Waals surface area contributed by atoms with Crippen LogP contribution in [-0.2, 0) is 4.79 Å². The summed E-state index contributed by atoms with van der Waals surface area (Å²) in [4.78, 5) is 31.3. The summed E-state index contributed by atoms with van der Waals surface area (Å²) in [5.41, 5.74) is 10.8. The highest BCUT2D eigenvalue weighted by molar-refractivity contribution is 7.99. The van der Waals surface area contributed by atoms with Crippen LogP contribution in [0.25, 0.3) is 5.69 Å². The predicted molar refractivity (Wildman–Crippen MR) is 133 cm³/mol. The summed E-state index contributed by atoms with van der Waals surface area (Å²) in [5, 5.41) is 3.75. The molecule has 172 valence electrons. The maximum absolute atomic E-state index is 12.9. The summed E-state index contributed by atoms with van der Waals surface area (Å²) in [6.45, 7) is 6.03. The van der Waals surface area contributed by atoms with E-state index < -0.39 is 5.91 Å². The van der Waals surface area contributed by atoms with Crippen LogP contribution < -0.4 is 16.0 Å². The number of carbonyl (C=O) groups excluding carboxylic acids is 2. The monoisotopic (exact) mass is 463 g/mol. The van der Waals surface area contributed by atoms with E-state index >= 15 is 0 Å². The van der Waals surface area contributed by atoms with Crippen LogP contribution in [0.2, 0.25) is 0 Å². The van der Waals surface area contributed by atoms with Gasteiger partial charge in [-0.05, 0) is 68.5 Å². The Kier molecular flexibility index (Phi) is 7.03. The first-order chi connectivity index (χ1) is 15.9. The Morgan fingerprint density at radius 3 is 2.64 bits per heavy atom. The van der Waals surface area contributed by atoms with E-state index in [-0.39, 0.29) is 11.7 Å². The number of amides is 2. The van der Waals surface area contributed by atoms with Crippen LogP contribution in [0, 0.1) is 13.8 Å². The molecule has 4 rings (SSSR count). The number of aryl methyl sites for hydroxylation is 1. The summed E-state index contributed by atoms with van der Waals surface area (Å²) in [6, 6.07) is 11.4. The highest BCUT2D eigenvalue weighted by Gasteiger charge is 2.18. The fourth-order valence-corrected chi connectivity index (χ4v) is 4.86. The van der Waals surface area contributed by atoms with E-state index in [0.29, 0.717) is 11.3 Å². The topological polar surface area (TPSA) is 93.2 Å². The first-order valence-electron chi connectivity index (χ1n) is 11.2. The van der Waals surface area contributed by atoms with Crippen LogP contribution in [0.15, 0.2) is 53.9 Å². The molecule has 3 N–H and O–H groups in total. The van der Waals surface area contributed by atoms with E-state index in [2.05, 4.69) is 35.1 Å². The van der Waals surface area contributed by atoms with Gasteiger partial charge in [0.05, 0.1) is 22.8 Å². The number of piperidine rings is 1. The van der Waals surface area contributed by atoms with Gasteiger partial charge in [-0.15, -0.1) is 0 Å². The Hall–Kier alpha value is -3.26. The molecule has 1 aliphatic rings. The minimum Gasteiger partial charge on any atom is -0.370 e. The molecule has 7 nitrogen and oxygen atoms in total. The van der Waals surface area contributed by atoms with E-state index in [1.54, 1.807) is 18.3 Å². The van der Waals surface area contributed by atoms with Gasteiger partial charge in [0.2, 0.25) is 11.8 Å². The number of nitrogens with two attached hydrogens (primary N) is 1.